The van der Waals surface area contributed by atoms with Crippen molar-refractivity contribution < 1.29 is 4.79 Å². The van der Waals surface area contributed by atoms with Crippen LogP contribution in [0, 0.1) is 17.8 Å². The van der Waals surface area contributed by atoms with Gasteiger partial charge in [0.1, 0.15) is 0 Å². The van der Waals surface area contributed by atoms with Gasteiger partial charge in [-0.1, -0.05) is 20.4 Å². The first-order valence-corrected chi connectivity index (χ1v) is 6.06. The van der Waals surface area contributed by atoms with Gasteiger partial charge in [0.2, 0.25) is 5.91 Å². The van der Waals surface area contributed by atoms with Gasteiger partial charge >= 0.3 is 0 Å². The van der Waals surface area contributed by atoms with Crippen LogP contribution in [0.4, 0.5) is 0 Å². The molecule has 2 aliphatic rings. The molecule has 3 atom stereocenters. The highest BCUT2D eigenvalue weighted by Crippen LogP contribution is 2.42. The molecule has 0 aromatic rings. The molecule has 2 fully saturated rings. The van der Waals surface area contributed by atoms with Crippen molar-refractivity contribution in [1.29, 1.82) is 0 Å². The predicted molar refractivity (Wildman–Crippen MR) is 61.4 cm³/mol. The summed E-state index contributed by atoms with van der Waals surface area (Å²) in [5, 5.41) is 0. The van der Waals surface area contributed by atoms with E-state index in [1.807, 2.05) is 4.90 Å². The van der Waals surface area contributed by atoms with Crippen molar-refractivity contribution in [3.8, 4) is 0 Å². The van der Waals surface area contributed by atoms with Crippen molar-refractivity contribution in [2.75, 3.05) is 6.54 Å². The van der Waals surface area contributed by atoms with Crippen LogP contribution in [-0.2, 0) is 4.79 Å². The molecule has 0 spiro atoms. The van der Waals surface area contributed by atoms with E-state index in [9.17, 15) is 4.79 Å². The lowest BCUT2D eigenvalue weighted by atomic mass is 9.74. The van der Waals surface area contributed by atoms with Crippen LogP contribution in [0.25, 0.3) is 0 Å². The second kappa shape index (κ2) is 3.99. The first kappa shape index (κ1) is 10.7. The molecule has 2 bridgehead atoms. The van der Waals surface area contributed by atoms with E-state index in [1.165, 1.54) is 25.3 Å². The maximum atomic E-state index is 11.6. The van der Waals surface area contributed by atoms with Gasteiger partial charge in [-0.3, -0.25) is 4.79 Å². The molecule has 3 unspecified atom stereocenters. The van der Waals surface area contributed by atoms with Crippen LogP contribution in [0.3, 0.4) is 0 Å². The summed E-state index contributed by atoms with van der Waals surface area (Å²) in [6, 6.07) is 0.510. The third kappa shape index (κ3) is 1.82. The number of fused-ring (bicyclic) bond motifs is 2. The number of rotatable bonds is 2. The SMILES string of the molecule is C=CC(=O)N1CC2CC1CCC2C(C)C. The van der Waals surface area contributed by atoms with Gasteiger partial charge in [0, 0.05) is 12.6 Å². The summed E-state index contributed by atoms with van der Waals surface area (Å²) in [6.07, 6.45) is 5.18. The Kier molecular flexibility index (Phi) is 2.85. The molecule has 15 heavy (non-hydrogen) atoms. The predicted octanol–water partition coefficient (Wildman–Crippen LogP) is 2.46. The molecule has 1 aliphatic heterocycles. The molecule has 1 saturated heterocycles. The molecule has 84 valence electrons. The van der Waals surface area contributed by atoms with Crippen LogP contribution in [0.1, 0.15) is 33.1 Å². The highest BCUT2D eigenvalue weighted by atomic mass is 16.2. The smallest absolute Gasteiger partial charge is 0.246 e. The molecule has 1 saturated carbocycles. The van der Waals surface area contributed by atoms with E-state index in [4.69, 9.17) is 0 Å². The van der Waals surface area contributed by atoms with Crippen molar-refractivity contribution >= 4 is 5.91 Å². The summed E-state index contributed by atoms with van der Waals surface area (Å²) in [5.74, 6) is 2.46. The van der Waals surface area contributed by atoms with Crippen molar-refractivity contribution in [3.63, 3.8) is 0 Å². The average molecular weight is 207 g/mol. The third-order valence-electron chi connectivity index (χ3n) is 4.20. The monoisotopic (exact) mass is 207 g/mol. The van der Waals surface area contributed by atoms with Gasteiger partial charge in [-0.15, -0.1) is 0 Å². The minimum absolute atomic E-state index is 0.131. The molecule has 2 heteroatoms. The Bertz CT molecular complexity index is 272. The number of carbonyl (C=O) groups excluding carboxylic acids is 1. The lowest BCUT2D eigenvalue weighted by Gasteiger charge is -2.30. The van der Waals surface area contributed by atoms with Crippen LogP contribution in [0.2, 0.25) is 0 Å². The fourth-order valence-corrected chi connectivity index (χ4v) is 3.42. The zero-order valence-corrected chi connectivity index (χ0v) is 9.78. The fraction of sp³-hybridized carbons (Fsp3) is 0.769. The summed E-state index contributed by atoms with van der Waals surface area (Å²) >= 11 is 0. The maximum Gasteiger partial charge on any atom is 0.246 e. The quantitative estimate of drug-likeness (QED) is 0.637. The third-order valence-corrected chi connectivity index (χ3v) is 4.20. The Morgan fingerprint density at radius 2 is 2.20 bits per heavy atom. The Morgan fingerprint density at radius 1 is 1.47 bits per heavy atom. The number of hydrogen-bond acceptors (Lipinski definition) is 1. The summed E-state index contributed by atoms with van der Waals surface area (Å²) in [7, 11) is 0. The molecule has 2 nitrogen and oxygen atoms in total. The van der Waals surface area contributed by atoms with Gasteiger partial charge in [-0.25, -0.2) is 0 Å². The Labute approximate surface area is 92.3 Å². The van der Waals surface area contributed by atoms with Crippen molar-refractivity contribution in [2.45, 2.75) is 39.2 Å². The number of nitrogens with zero attached hydrogens (tertiary/aromatic N) is 1. The van der Waals surface area contributed by atoms with Crippen LogP contribution in [0.15, 0.2) is 12.7 Å². The van der Waals surface area contributed by atoms with Gasteiger partial charge < -0.3 is 4.90 Å². The van der Waals surface area contributed by atoms with Gasteiger partial charge in [0.15, 0.2) is 0 Å². The molecule has 2 rings (SSSR count). The van der Waals surface area contributed by atoms with E-state index in [2.05, 4.69) is 20.4 Å². The molecular weight excluding hydrogens is 186 g/mol. The van der Waals surface area contributed by atoms with Crippen LogP contribution < -0.4 is 0 Å². The van der Waals surface area contributed by atoms with E-state index >= 15 is 0 Å². The summed E-state index contributed by atoms with van der Waals surface area (Å²) in [5.41, 5.74) is 0. The number of likely N-dealkylation sites (tertiary alicyclic amines) is 1. The first-order chi connectivity index (χ1) is 7.13. The van der Waals surface area contributed by atoms with Gasteiger partial charge in [-0.2, -0.15) is 0 Å². The summed E-state index contributed by atoms with van der Waals surface area (Å²) < 4.78 is 0. The lowest BCUT2D eigenvalue weighted by molar-refractivity contribution is -0.126. The maximum absolute atomic E-state index is 11.6. The van der Waals surface area contributed by atoms with Crippen molar-refractivity contribution in [3.05, 3.63) is 12.7 Å². The van der Waals surface area contributed by atoms with Gasteiger partial charge in [0.05, 0.1) is 0 Å². The normalized spacial score (nSPS) is 34.6. The van der Waals surface area contributed by atoms with E-state index in [0.717, 1.165) is 24.3 Å². The van der Waals surface area contributed by atoms with E-state index in [-0.39, 0.29) is 5.91 Å². The topological polar surface area (TPSA) is 20.3 Å². The molecule has 1 amide bonds. The van der Waals surface area contributed by atoms with Gasteiger partial charge in [0.25, 0.3) is 0 Å². The largest absolute Gasteiger partial charge is 0.336 e. The molecule has 0 aromatic heterocycles. The van der Waals surface area contributed by atoms with Crippen LogP contribution in [0.5, 0.6) is 0 Å². The zero-order valence-electron chi connectivity index (χ0n) is 9.78. The minimum Gasteiger partial charge on any atom is -0.336 e. The van der Waals surface area contributed by atoms with Gasteiger partial charge in [-0.05, 0) is 43.1 Å². The zero-order chi connectivity index (χ0) is 11.0. The number of hydrogen-bond donors (Lipinski definition) is 0. The first-order valence-electron chi connectivity index (χ1n) is 6.06. The van der Waals surface area contributed by atoms with Crippen molar-refractivity contribution in [1.82, 2.24) is 4.90 Å². The number of carbonyl (C=O) groups is 1. The Balaban J connectivity index is 2.07. The van der Waals surface area contributed by atoms with E-state index in [1.54, 1.807) is 0 Å². The molecule has 1 aliphatic carbocycles. The second-order valence-corrected chi connectivity index (χ2v) is 5.33. The minimum atomic E-state index is 0.131. The molecule has 0 radical (unpaired) electrons. The molecule has 0 N–H and O–H groups in total. The Hall–Kier alpha value is -0.790. The second-order valence-electron chi connectivity index (χ2n) is 5.33. The average Bonchev–Trinajstić information content (AvgIpc) is 2.54. The standard InChI is InChI=1S/C13H21NO/c1-4-13(15)14-8-10-7-11(14)5-6-12(10)9(2)3/h4,9-12H,1,5-8H2,2-3H3. The summed E-state index contributed by atoms with van der Waals surface area (Å²) in [4.78, 5) is 13.7. The number of amides is 1. The highest BCUT2D eigenvalue weighted by molar-refractivity contribution is 5.87. The van der Waals surface area contributed by atoms with Crippen LogP contribution in [-0.4, -0.2) is 23.4 Å². The molecule has 1 heterocycles. The van der Waals surface area contributed by atoms with E-state index in [0.29, 0.717) is 6.04 Å². The molecule has 0 aromatic carbocycles. The van der Waals surface area contributed by atoms with Crippen molar-refractivity contribution in [2.24, 2.45) is 17.8 Å². The highest BCUT2D eigenvalue weighted by Gasteiger charge is 2.42. The molecular formula is C13H21NO. The fourth-order valence-electron chi connectivity index (χ4n) is 3.42. The lowest BCUT2D eigenvalue weighted by Crippen LogP contribution is -2.33. The van der Waals surface area contributed by atoms with Crippen LogP contribution >= 0.6 is 0 Å². The summed E-state index contributed by atoms with van der Waals surface area (Å²) in [6.45, 7) is 9.17. The van der Waals surface area contributed by atoms with E-state index < -0.39 is 0 Å². The Morgan fingerprint density at radius 3 is 2.80 bits per heavy atom.